The van der Waals surface area contributed by atoms with Gasteiger partial charge in [0.25, 0.3) is 0 Å². The van der Waals surface area contributed by atoms with Crippen LogP contribution in [0.15, 0.2) is 0 Å². The van der Waals surface area contributed by atoms with E-state index >= 15 is 0 Å². The Labute approximate surface area is 102 Å². The summed E-state index contributed by atoms with van der Waals surface area (Å²) in [5, 5.41) is 2.82. The average molecular weight is 241 g/mol. The first kappa shape index (κ1) is 14.0. The second-order valence-corrected chi connectivity index (χ2v) is 5.62. The average Bonchev–Trinajstić information content (AvgIpc) is 2.75. The third-order valence-electron chi connectivity index (χ3n) is 3.79. The second kappa shape index (κ2) is 5.04. The molecule has 0 heterocycles. The molecule has 98 valence electrons. The zero-order valence-electron chi connectivity index (χ0n) is 10.7. The van der Waals surface area contributed by atoms with Crippen LogP contribution in [0.1, 0.15) is 39.5 Å². The predicted molar refractivity (Wildman–Crippen MR) is 65.9 cm³/mol. The Kier molecular flexibility index (Phi) is 4.14. The van der Waals surface area contributed by atoms with E-state index in [-0.39, 0.29) is 12.5 Å². The van der Waals surface area contributed by atoms with Gasteiger partial charge in [0.15, 0.2) is 0 Å². The molecule has 0 aromatic carbocycles. The van der Waals surface area contributed by atoms with E-state index in [1.807, 2.05) is 0 Å². The first-order chi connectivity index (χ1) is 7.84. The zero-order chi connectivity index (χ0) is 13.1. The molecule has 0 aromatic rings. The highest BCUT2D eigenvalue weighted by atomic mass is 16.2. The normalized spacial score (nSPS) is 19.0. The third-order valence-corrected chi connectivity index (χ3v) is 3.79. The summed E-state index contributed by atoms with van der Waals surface area (Å²) in [5.41, 5.74) is 9.84. The molecule has 1 rings (SSSR count). The molecule has 0 bridgehead atoms. The van der Waals surface area contributed by atoms with Crippen LogP contribution in [0.4, 0.5) is 0 Å². The Morgan fingerprint density at radius 1 is 1.29 bits per heavy atom. The standard InChI is InChI=1S/C12H23N3O2/c1-11(2,9(14)16)8-15-10(17)12(7-13)5-3-4-6-12/h3-8,13H2,1-2H3,(H2,14,16)(H,15,17). The first-order valence-electron chi connectivity index (χ1n) is 6.12. The molecule has 5 heteroatoms. The van der Waals surface area contributed by atoms with E-state index in [1.54, 1.807) is 13.8 Å². The Balaban J connectivity index is 2.57. The fraction of sp³-hybridized carbons (Fsp3) is 0.833. The van der Waals surface area contributed by atoms with E-state index in [1.165, 1.54) is 0 Å². The molecule has 5 N–H and O–H groups in total. The molecule has 0 atom stereocenters. The SMILES string of the molecule is CC(C)(CNC(=O)C1(CN)CCCC1)C(N)=O. The molecule has 0 unspecified atom stereocenters. The molecule has 1 saturated carbocycles. The third kappa shape index (κ3) is 2.97. The highest BCUT2D eigenvalue weighted by molar-refractivity contribution is 5.85. The minimum atomic E-state index is -0.718. The summed E-state index contributed by atoms with van der Waals surface area (Å²) in [6.07, 6.45) is 3.77. The summed E-state index contributed by atoms with van der Waals surface area (Å²) in [4.78, 5) is 23.3. The van der Waals surface area contributed by atoms with Crippen molar-refractivity contribution in [1.82, 2.24) is 5.32 Å². The van der Waals surface area contributed by atoms with Gasteiger partial charge in [-0.2, -0.15) is 0 Å². The Bertz CT molecular complexity index is 307. The quantitative estimate of drug-likeness (QED) is 0.638. The van der Waals surface area contributed by atoms with Crippen LogP contribution in [0.2, 0.25) is 0 Å². The largest absolute Gasteiger partial charge is 0.369 e. The summed E-state index contributed by atoms with van der Waals surface area (Å²) in [5.74, 6) is -0.446. The van der Waals surface area contributed by atoms with E-state index in [0.29, 0.717) is 6.54 Å². The van der Waals surface area contributed by atoms with Crippen molar-refractivity contribution in [2.75, 3.05) is 13.1 Å². The van der Waals surface area contributed by atoms with Crippen molar-refractivity contribution in [1.29, 1.82) is 0 Å². The molecule has 0 saturated heterocycles. The van der Waals surface area contributed by atoms with E-state index in [2.05, 4.69) is 5.32 Å². The maximum atomic E-state index is 12.1. The molecule has 1 fully saturated rings. The van der Waals surface area contributed by atoms with Crippen LogP contribution in [-0.4, -0.2) is 24.9 Å². The number of nitrogens with two attached hydrogens (primary N) is 2. The number of nitrogens with one attached hydrogen (secondary N) is 1. The van der Waals surface area contributed by atoms with Crippen LogP contribution < -0.4 is 16.8 Å². The summed E-state index contributed by atoms with van der Waals surface area (Å²) in [7, 11) is 0. The minimum Gasteiger partial charge on any atom is -0.369 e. The summed E-state index contributed by atoms with van der Waals surface area (Å²) >= 11 is 0. The van der Waals surface area contributed by atoms with Crippen molar-refractivity contribution >= 4 is 11.8 Å². The van der Waals surface area contributed by atoms with E-state index in [9.17, 15) is 9.59 Å². The highest BCUT2D eigenvalue weighted by Crippen LogP contribution is 2.37. The Morgan fingerprint density at radius 2 is 1.82 bits per heavy atom. The van der Waals surface area contributed by atoms with Gasteiger partial charge in [-0.15, -0.1) is 0 Å². The molecule has 5 nitrogen and oxygen atoms in total. The number of carbonyl (C=O) groups excluding carboxylic acids is 2. The van der Waals surface area contributed by atoms with Crippen LogP contribution in [0.5, 0.6) is 0 Å². The van der Waals surface area contributed by atoms with E-state index in [4.69, 9.17) is 11.5 Å². The van der Waals surface area contributed by atoms with Crippen molar-refractivity contribution in [2.24, 2.45) is 22.3 Å². The van der Waals surface area contributed by atoms with Gasteiger partial charge in [-0.3, -0.25) is 9.59 Å². The molecule has 1 aliphatic rings. The summed E-state index contributed by atoms with van der Waals surface area (Å²) in [6, 6.07) is 0. The molecule has 0 aromatic heterocycles. The van der Waals surface area contributed by atoms with Gasteiger partial charge in [0, 0.05) is 13.1 Å². The molecular formula is C12H23N3O2. The van der Waals surface area contributed by atoms with E-state index < -0.39 is 16.7 Å². The maximum Gasteiger partial charge on any atom is 0.227 e. The van der Waals surface area contributed by atoms with Gasteiger partial charge in [-0.05, 0) is 26.7 Å². The van der Waals surface area contributed by atoms with Gasteiger partial charge >= 0.3 is 0 Å². The second-order valence-electron chi connectivity index (χ2n) is 5.62. The van der Waals surface area contributed by atoms with Crippen LogP contribution in [0.25, 0.3) is 0 Å². The molecule has 1 aliphatic carbocycles. The molecule has 0 spiro atoms. The topological polar surface area (TPSA) is 98.2 Å². The number of carbonyl (C=O) groups is 2. The van der Waals surface area contributed by atoms with Gasteiger partial charge in [-0.25, -0.2) is 0 Å². The molecule has 17 heavy (non-hydrogen) atoms. The van der Waals surface area contributed by atoms with Gasteiger partial charge < -0.3 is 16.8 Å². The van der Waals surface area contributed by atoms with Crippen molar-refractivity contribution in [3.63, 3.8) is 0 Å². The summed E-state index contributed by atoms with van der Waals surface area (Å²) < 4.78 is 0. The lowest BCUT2D eigenvalue weighted by Gasteiger charge is -2.28. The number of amides is 2. The molecule has 0 aliphatic heterocycles. The molecule has 2 amide bonds. The van der Waals surface area contributed by atoms with Crippen molar-refractivity contribution in [2.45, 2.75) is 39.5 Å². The van der Waals surface area contributed by atoms with Gasteiger partial charge in [-0.1, -0.05) is 12.8 Å². The fourth-order valence-corrected chi connectivity index (χ4v) is 2.15. The number of hydrogen-bond acceptors (Lipinski definition) is 3. The maximum absolute atomic E-state index is 12.1. The lowest BCUT2D eigenvalue weighted by atomic mass is 9.84. The monoisotopic (exact) mass is 241 g/mol. The van der Waals surface area contributed by atoms with Crippen LogP contribution in [0, 0.1) is 10.8 Å². The smallest absolute Gasteiger partial charge is 0.227 e. The fourth-order valence-electron chi connectivity index (χ4n) is 2.15. The Morgan fingerprint density at radius 3 is 2.24 bits per heavy atom. The first-order valence-corrected chi connectivity index (χ1v) is 6.12. The van der Waals surface area contributed by atoms with Crippen molar-refractivity contribution in [3.05, 3.63) is 0 Å². The minimum absolute atomic E-state index is 0.0353. The number of rotatable bonds is 5. The zero-order valence-corrected chi connectivity index (χ0v) is 10.7. The van der Waals surface area contributed by atoms with Crippen LogP contribution in [0.3, 0.4) is 0 Å². The number of hydrogen-bond donors (Lipinski definition) is 3. The van der Waals surface area contributed by atoms with Gasteiger partial charge in [0.2, 0.25) is 11.8 Å². The van der Waals surface area contributed by atoms with Crippen molar-refractivity contribution in [3.8, 4) is 0 Å². The van der Waals surface area contributed by atoms with Crippen LogP contribution >= 0.6 is 0 Å². The summed E-state index contributed by atoms with van der Waals surface area (Å²) in [6.45, 7) is 4.08. The van der Waals surface area contributed by atoms with Gasteiger partial charge in [0.05, 0.1) is 10.8 Å². The van der Waals surface area contributed by atoms with E-state index in [0.717, 1.165) is 25.7 Å². The van der Waals surface area contributed by atoms with Crippen molar-refractivity contribution < 1.29 is 9.59 Å². The highest BCUT2D eigenvalue weighted by Gasteiger charge is 2.40. The lowest BCUT2D eigenvalue weighted by Crippen LogP contribution is -2.49. The molecular weight excluding hydrogens is 218 g/mol. The lowest BCUT2D eigenvalue weighted by molar-refractivity contribution is -0.132. The van der Waals surface area contributed by atoms with Crippen LogP contribution in [-0.2, 0) is 9.59 Å². The molecule has 0 radical (unpaired) electrons. The van der Waals surface area contributed by atoms with Gasteiger partial charge in [0.1, 0.15) is 0 Å². The number of primary amides is 1. The predicted octanol–water partition coefficient (Wildman–Crippen LogP) is 0.133. The Hall–Kier alpha value is -1.10.